The number of nitrogens with zero attached hydrogens (tertiary/aromatic N) is 3. The van der Waals surface area contributed by atoms with Crippen molar-refractivity contribution < 1.29 is 19.8 Å². The fourth-order valence-corrected chi connectivity index (χ4v) is 8.18. The van der Waals surface area contributed by atoms with Gasteiger partial charge < -0.3 is 15.1 Å². The lowest BCUT2D eigenvalue weighted by atomic mass is 10.0. The average molecular weight is 780 g/mol. The van der Waals surface area contributed by atoms with Crippen LogP contribution in [0, 0.1) is 36.5 Å². The number of thiophene rings is 2. The molecule has 0 spiro atoms. The van der Waals surface area contributed by atoms with Crippen molar-refractivity contribution in [3.8, 4) is 12.1 Å². The summed E-state index contributed by atoms with van der Waals surface area (Å²) in [7, 11) is 0. The molecule has 0 amide bonds. The zero-order chi connectivity index (χ0) is 40.1. The van der Waals surface area contributed by atoms with E-state index in [-0.39, 0.29) is 11.1 Å². The second-order valence-corrected chi connectivity index (χ2v) is 15.6. The van der Waals surface area contributed by atoms with Gasteiger partial charge in [0, 0.05) is 36.6 Å². The molecule has 0 bridgehead atoms. The highest BCUT2D eigenvalue weighted by Crippen LogP contribution is 2.39. The number of carboxylic acid groups (broad SMARTS) is 2. The molecule has 2 aromatic heterocycles. The van der Waals surface area contributed by atoms with Gasteiger partial charge in [-0.25, -0.2) is 9.59 Å². The van der Waals surface area contributed by atoms with Crippen molar-refractivity contribution in [2.45, 2.75) is 13.8 Å². The fraction of sp³-hybridized carbons (Fsp3) is 0.0417. The lowest BCUT2D eigenvalue weighted by Gasteiger charge is -2.28. The van der Waals surface area contributed by atoms with Crippen molar-refractivity contribution in [2.24, 2.45) is 0 Å². The topological polar surface area (TPSA) is 125 Å². The molecule has 0 radical (unpaired) electrons. The van der Waals surface area contributed by atoms with Crippen molar-refractivity contribution in [2.75, 3.05) is 4.90 Å². The van der Waals surface area contributed by atoms with Crippen LogP contribution in [0.25, 0.3) is 58.0 Å². The molecular weight excluding hydrogens is 747 g/mol. The average Bonchev–Trinajstić information content (AvgIpc) is 3.87. The zero-order valence-electron chi connectivity index (χ0n) is 30.8. The number of fused-ring (bicyclic) bond motifs is 2. The molecule has 0 aliphatic carbocycles. The Labute approximate surface area is 337 Å². The van der Waals surface area contributed by atoms with E-state index >= 15 is 0 Å². The van der Waals surface area contributed by atoms with Crippen LogP contribution in [-0.4, -0.2) is 22.2 Å². The highest BCUT2D eigenvalue weighted by atomic mass is 32.1. The third kappa shape index (κ3) is 8.83. The quantitative estimate of drug-likeness (QED) is 0.0989. The van der Waals surface area contributed by atoms with Crippen LogP contribution < -0.4 is 4.90 Å². The highest BCUT2D eigenvalue weighted by molar-refractivity contribution is 7.14. The Morgan fingerprint density at radius 3 is 1.42 bits per heavy atom. The van der Waals surface area contributed by atoms with Crippen molar-refractivity contribution >= 4 is 110 Å². The highest BCUT2D eigenvalue weighted by Gasteiger charge is 2.16. The van der Waals surface area contributed by atoms with Crippen molar-refractivity contribution in [3.05, 3.63) is 168 Å². The molecule has 57 heavy (non-hydrogen) atoms. The molecule has 7 nitrogen and oxygen atoms in total. The van der Waals surface area contributed by atoms with Crippen LogP contribution in [0.3, 0.4) is 0 Å². The standard InChI is InChI=1S/C48H33N3O4S2/c1-30-3-20-46(31(2)21-30)51(40-12-10-34-22-32(4-8-36(34)24-40)6-14-42-16-18-44(56-42)26-38(28-49)47(52)53)41-13-11-35-23-33(5-9-37(35)25-41)7-15-43-17-19-45(57-43)27-39(29-50)48(54)55/h3-27H,1-2H3,(H,52,53)(H,54,55)/b14-6+,15-7+,38-26-,39-27+. The molecule has 0 saturated carbocycles. The van der Waals surface area contributed by atoms with Crippen LogP contribution in [0.2, 0.25) is 0 Å². The number of carbonyl (C=O) groups is 2. The normalized spacial score (nSPS) is 12.0. The van der Waals surface area contributed by atoms with E-state index in [1.807, 2.05) is 48.6 Å². The van der Waals surface area contributed by atoms with E-state index < -0.39 is 11.9 Å². The first-order valence-corrected chi connectivity index (χ1v) is 19.4. The van der Waals surface area contributed by atoms with Gasteiger partial charge in [-0.15, -0.1) is 22.7 Å². The lowest BCUT2D eigenvalue weighted by molar-refractivity contribution is -0.133. The predicted molar refractivity (Wildman–Crippen MR) is 235 cm³/mol. The lowest BCUT2D eigenvalue weighted by Crippen LogP contribution is -2.11. The van der Waals surface area contributed by atoms with Crippen molar-refractivity contribution in [1.29, 1.82) is 10.5 Å². The second-order valence-electron chi connectivity index (χ2n) is 13.3. The summed E-state index contributed by atoms with van der Waals surface area (Å²) in [6, 6.07) is 43.1. The van der Waals surface area contributed by atoms with Gasteiger partial charge in [0.25, 0.3) is 0 Å². The number of benzene rings is 5. The summed E-state index contributed by atoms with van der Waals surface area (Å²) in [6.07, 6.45) is 10.8. The number of anilines is 3. The molecule has 2 heterocycles. The Balaban J connectivity index is 1.16. The van der Waals surface area contributed by atoms with E-state index in [2.05, 4.69) is 110 Å². The predicted octanol–water partition coefficient (Wildman–Crippen LogP) is 12.5. The molecule has 0 fully saturated rings. The Hall–Kier alpha value is -7.30. The van der Waals surface area contributed by atoms with Crippen LogP contribution in [0.4, 0.5) is 17.1 Å². The van der Waals surface area contributed by atoms with Crippen LogP contribution in [0.15, 0.2) is 126 Å². The van der Waals surface area contributed by atoms with Gasteiger partial charge >= 0.3 is 11.9 Å². The molecule has 7 aromatic rings. The largest absolute Gasteiger partial charge is 0.477 e. The van der Waals surface area contributed by atoms with E-state index in [1.54, 1.807) is 12.1 Å². The van der Waals surface area contributed by atoms with Gasteiger partial charge in [0.1, 0.15) is 23.3 Å². The van der Waals surface area contributed by atoms with Gasteiger partial charge in [-0.3, -0.25) is 0 Å². The Kier molecular flexibility index (Phi) is 11.1. The van der Waals surface area contributed by atoms with Gasteiger partial charge in [0.15, 0.2) is 0 Å². The Morgan fingerprint density at radius 2 is 0.982 bits per heavy atom. The molecule has 5 aromatic carbocycles. The zero-order valence-corrected chi connectivity index (χ0v) is 32.4. The summed E-state index contributed by atoms with van der Waals surface area (Å²) in [5, 5.41) is 40.9. The summed E-state index contributed by atoms with van der Waals surface area (Å²) in [5.41, 5.74) is 6.97. The van der Waals surface area contributed by atoms with Gasteiger partial charge in [-0.2, -0.15) is 10.5 Å². The molecule has 0 aliphatic heterocycles. The fourth-order valence-electron chi connectivity index (χ4n) is 6.47. The molecule has 276 valence electrons. The third-order valence-electron chi connectivity index (χ3n) is 9.26. The first kappa shape index (κ1) is 38.0. The molecule has 0 saturated heterocycles. The first-order chi connectivity index (χ1) is 27.6. The summed E-state index contributed by atoms with van der Waals surface area (Å²) < 4.78 is 0. The number of nitriles is 2. The van der Waals surface area contributed by atoms with E-state index in [4.69, 9.17) is 20.7 Å². The maximum absolute atomic E-state index is 11.2. The van der Waals surface area contributed by atoms with E-state index in [9.17, 15) is 9.59 Å². The van der Waals surface area contributed by atoms with Crippen LogP contribution in [-0.2, 0) is 9.59 Å². The number of aryl methyl sites for hydroxylation is 2. The summed E-state index contributed by atoms with van der Waals surface area (Å²) in [4.78, 5) is 28.0. The van der Waals surface area contributed by atoms with Crippen molar-refractivity contribution in [3.63, 3.8) is 0 Å². The second kappa shape index (κ2) is 16.6. The molecule has 0 aliphatic rings. The number of aliphatic carboxylic acids is 2. The maximum Gasteiger partial charge on any atom is 0.346 e. The van der Waals surface area contributed by atoms with Gasteiger partial charge in [-0.05, 0) is 143 Å². The first-order valence-electron chi connectivity index (χ1n) is 17.8. The van der Waals surface area contributed by atoms with Crippen LogP contribution in [0.5, 0.6) is 0 Å². The number of hydrogen-bond acceptors (Lipinski definition) is 7. The van der Waals surface area contributed by atoms with Gasteiger partial charge in [0.2, 0.25) is 0 Å². The van der Waals surface area contributed by atoms with E-state index in [0.717, 1.165) is 65.1 Å². The molecule has 0 atom stereocenters. The minimum Gasteiger partial charge on any atom is -0.477 e. The van der Waals surface area contributed by atoms with Crippen LogP contribution >= 0.6 is 22.7 Å². The summed E-state index contributed by atoms with van der Waals surface area (Å²) >= 11 is 2.83. The molecule has 2 N–H and O–H groups in total. The number of hydrogen-bond donors (Lipinski definition) is 2. The summed E-state index contributed by atoms with van der Waals surface area (Å²) in [6.45, 7) is 4.24. The Morgan fingerprint density at radius 1 is 0.544 bits per heavy atom. The smallest absolute Gasteiger partial charge is 0.346 e. The number of rotatable bonds is 11. The minimum atomic E-state index is -1.24. The minimum absolute atomic E-state index is 0.295. The Bertz CT molecular complexity index is 2760. The van der Waals surface area contributed by atoms with E-state index in [0.29, 0.717) is 9.75 Å². The molecule has 9 heteroatoms. The molecular formula is C48H33N3O4S2. The van der Waals surface area contributed by atoms with E-state index in [1.165, 1.54) is 40.4 Å². The maximum atomic E-state index is 11.2. The van der Waals surface area contributed by atoms with Crippen molar-refractivity contribution in [1.82, 2.24) is 0 Å². The third-order valence-corrected chi connectivity index (χ3v) is 11.3. The van der Waals surface area contributed by atoms with Crippen LogP contribution in [0.1, 0.15) is 41.8 Å². The SMILES string of the molecule is Cc1ccc(N(c2ccc3cc(/C=C/c4ccc(/C=C(/C#N)C(=O)O)s4)ccc3c2)c2ccc3cc(/C=C/c4ccc(/C=C(\C#N)C(=O)O)s4)ccc3c2)c(C)c1. The molecule has 0 unspecified atom stereocenters. The molecule has 7 rings (SSSR count). The number of carboxylic acids is 2. The summed E-state index contributed by atoms with van der Waals surface area (Å²) in [5.74, 6) is -2.48. The van der Waals surface area contributed by atoms with Gasteiger partial charge in [-0.1, -0.05) is 66.2 Å². The monoisotopic (exact) mass is 779 g/mol. The van der Waals surface area contributed by atoms with Gasteiger partial charge in [0.05, 0.1) is 0 Å².